The first kappa shape index (κ1) is 16.3. The fraction of sp³-hybridized carbons (Fsp3) is 0.500. The van der Waals surface area contributed by atoms with Crippen LogP contribution in [0.5, 0.6) is 0 Å². The molecule has 6 heteroatoms. The number of benzene rings is 1. The predicted molar refractivity (Wildman–Crippen MR) is 81.5 cm³/mol. The Kier molecular flexibility index (Phi) is 5.77. The normalized spacial score (nSPS) is 18.1. The molecule has 1 fully saturated rings. The minimum atomic E-state index is -0.838. The van der Waals surface area contributed by atoms with Gasteiger partial charge in [-0.15, -0.1) is 0 Å². The SMILES string of the molecule is CCN(C(=O)OCc1ccccc1)[C@@H]1CCN(CC(=O)O)C1. The molecule has 1 atom stereocenters. The van der Waals surface area contributed by atoms with E-state index in [1.54, 1.807) is 4.90 Å². The zero-order valence-corrected chi connectivity index (χ0v) is 12.8. The van der Waals surface area contributed by atoms with E-state index in [2.05, 4.69) is 0 Å². The fourth-order valence-electron chi connectivity index (χ4n) is 2.74. The van der Waals surface area contributed by atoms with Gasteiger partial charge in [0.1, 0.15) is 6.61 Å². The van der Waals surface area contributed by atoms with E-state index in [4.69, 9.17) is 9.84 Å². The summed E-state index contributed by atoms with van der Waals surface area (Å²) in [5.74, 6) is -0.838. The zero-order chi connectivity index (χ0) is 15.9. The van der Waals surface area contributed by atoms with E-state index in [9.17, 15) is 9.59 Å². The highest BCUT2D eigenvalue weighted by Gasteiger charge is 2.31. The number of carbonyl (C=O) groups excluding carboxylic acids is 1. The molecule has 0 aromatic heterocycles. The standard InChI is InChI=1S/C16H22N2O4/c1-2-18(14-8-9-17(10-14)11-15(19)20)16(21)22-12-13-6-4-3-5-7-13/h3-7,14H,2,8-12H2,1H3,(H,19,20)/t14-/m1/s1. The Labute approximate surface area is 130 Å². The quantitative estimate of drug-likeness (QED) is 0.868. The van der Waals surface area contributed by atoms with Gasteiger partial charge in [-0.25, -0.2) is 4.79 Å². The van der Waals surface area contributed by atoms with Gasteiger partial charge in [-0.2, -0.15) is 0 Å². The largest absolute Gasteiger partial charge is 0.480 e. The van der Waals surface area contributed by atoms with E-state index in [1.807, 2.05) is 42.2 Å². The maximum atomic E-state index is 12.2. The number of nitrogens with zero attached hydrogens (tertiary/aromatic N) is 2. The number of carboxylic acids is 1. The third-order valence-electron chi connectivity index (χ3n) is 3.83. The number of rotatable bonds is 6. The van der Waals surface area contributed by atoms with E-state index in [1.165, 1.54) is 0 Å². The molecule has 1 aliphatic rings. The topological polar surface area (TPSA) is 70.1 Å². The van der Waals surface area contributed by atoms with Crippen LogP contribution in [0.3, 0.4) is 0 Å². The lowest BCUT2D eigenvalue weighted by Gasteiger charge is -2.27. The van der Waals surface area contributed by atoms with Crippen LogP contribution in [0.2, 0.25) is 0 Å². The molecule has 1 N–H and O–H groups in total. The van der Waals surface area contributed by atoms with Crippen LogP contribution in [-0.2, 0) is 16.1 Å². The molecule has 120 valence electrons. The lowest BCUT2D eigenvalue weighted by atomic mass is 10.2. The average Bonchev–Trinajstić information content (AvgIpc) is 2.94. The first-order chi connectivity index (χ1) is 10.6. The van der Waals surface area contributed by atoms with Crippen LogP contribution in [0.1, 0.15) is 18.9 Å². The predicted octanol–water partition coefficient (Wildman–Crippen LogP) is 1.80. The van der Waals surface area contributed by atoms with Gasteiger partial charge in [0.05, 0.1) is 6.54 Å². The summed E-state index contributed by atoms with van der Waals surface area (Å²) in [6, 6.07) is 9.57. The van der Waals surface area contributed by atoms with Crippen molar-refractivity contribution in [2.24, 2.45) is 0 Å². The summed E-state index contributed by atoms with van der Waals surface area (Å²) in [6.45, 7) is 4.01. The average molecular weight is 306 g/mol. The van der Waals surface area contributed by atoms with Crippen molar-refractivity contribution in [3.8, 4) is 0 Å². The van der Waals surface area contributed by atoms with Crippen LogP contribution >= 0.6 is 0 Å². The van der Waals surface area contributed by atoms with Crippen molar-refractivity contribution in [3.63, 3.8) is 0 Å². The molecule has 0 radical (unpaired) electrons. The maximum Gasteiger partial charge on any atom is 0.410 e. The number of carbonyl (C=O) groups is 2. The first-order valence-corrected chi connectivity index (χ1v) is 7.51. The minimum absolute atomic E-state index is 0.0209. The molecule has 1 heterocycles. The van der Waals surface area contributed by atoms with Gasteiger partial charge in [0.2, 0.25) is 0 Å². The Morgan fingerprint density at radius 2 is 2.09 bits per heavy atom. The van der Waals surface area contributed by atoms with Crippen LogP contribution in [0.25, 0.3) is 0 Å². The second-order valence-corrected chi connectivity index (χ2v) is 5.40. The molecule has 0 bridgehead atoms. The van der Waals surface area contributed by atoms with Crippen LogP contribution in [0, 0.1) is 0 Å². The summed E-state index contributed by atoms with van der Waals surface area (Å²) in [5.41, 5.74) is 0.950. The Morgan fingerprint density at radius 3 is 2.73 bits per heavy atom. The number of likely N-dealkylation sites (N-methyl/N-ethyl adjacent to an activating group) is 1. The van der Waals surface area contributed by atoms with Crippen molar-refractivity contribution < 1.29 is 19.4 Å². The Hall–Kier alpha value is -2.08. The van der Waals surface area contributed by atoms with Crippen molar-refractivity contribution in [1.29, 1.82) is 0 Å². The Balaban J connectivity index is 1.85. The maximum absolute atomic E-state index is 12.2. The molecule has 1 amide bonds. The number of aliphatic carboxylic acids is 1. The highest BCUT2D eigenvalue weighted by Crippen LogP contribution is 2.16. The van der Waals surface area contributed by atoms with Gasteiger partial charge in [0, 0.05) is 25.7 Å². The summed E-state index contributed by atoms with van der Waals surface area (Å²) in [7, 11) is 0. The van der Waals surface area contributed by atoms with Crippen molar-refractivity contribution >= 4 is 12.1 Å². The molecule has 6 nitrogen and oxygen atoms in total. The van der Waals surface area contributed by atoms with E-state index in [-0.39, 0.29) is 25.3 Å². The van der Waals surface area contributed by atoms with Crippen molar-refractivity contribution in [2.75, 3.05) is 26.2 Å². The minimum Gasteiger partial charge on any atom is -0.480 e. The Morgan fingerprint density at radius 1 is 1.36 bits per heavy atom. The van der Waals surface area contributed by atoms with Gasteiger partial charge in [0.25, 0.3) is 0 Å². The highest BCUT2D eigenvalue weighted by atomic mass is 16.6. The van der Waals surface area contributed by atoms with Gasteiger partial charge in [-0.3, -0.25) is 9.69 Å². The molecule has 1 aliphatic heterocycles. The van der Waals surface area contributed by atoms with Crippen molar-refractivity contribution in [1.82, 2.24) is 9.80 Å². The fourth-order valence-corrected chi connectivity index (χ4v) is 2.74. The lowest BCUT2D eigenvalue weighted by Crippen LogP contribution is -2.42. The van der Waals surface area contributed by atoms with Crippen LogP contribution in [-0.4, -0.2) is 59.2 Å². The molecule has 22 heavy (non-hydrogen) atoms. The van der Waals surface area contributed by atoms with Gasteiger partial charge in [-0.1, -0.05) is 30.3 Å². The number of hydrogen-bond donors (Lipinski definition) is 1. The summed E-state index contributed by atoms with van der Waals surface area (Å²) in [5, 5.41) is 8.83. The van der Waals surface area contributed by atoms with E-state index >= 15 is 0 Å². The van der Waals surface area contributed by atoms with E-state index in [0.717, 1.165) is 12.0 Å². The third-order valence-corrected chi connectivity index (χ3v) is 3.83. The lowest BCUT2D eigenvalue weighted by molar-refractivity contribution is -0.138. The summed E-state index contributed by atoms with van der Waals surface area (Å²) >= 11 is 0. The van der Waals surface area contributed by atoms with Crippen LogP contribution in [0.15, 0.2) is 30.3 Å². The number of amides is 1. The molecule has 1 aromatic rings. The van der Waals surface area contributed by atoms with Crippen molar-refractivity contribution in [2.45, 2.75) is 26.0 Å². The van der Waals surface area contributed by atoms with E-state index < -0.39 is 5.97 Å². The molecule has 1 saturated heterocycles. The zero-order valence-electron chi connectivity index (χ0n) is 12.8. The van der Waals surface area contributed by atoms with Gasteiger partial charge in [0.15, 0.2) is 0 Å². The monoisotopic (exact) mass is 306 g/mol. The molecular weight excluding hydrogens is 284 g/mol. The smallest absolute Gasteiger partial charge is 0.410 e. The molecule has 0 spiro atoms. The molecule has 1 aromatic carbocycles. The van der Waals surface area contributed by atoms with Crippen LogP contribution < -0.4 is 0 Å². The highest BCUT2D eigenvalue weighted by molar-refractivity contribution is 5.69. The Bertz CT molecular complexity index is 506. The molecule has 0 aliphatic carbocycles. The van der Waals surface area contributed by atoms with Crippen molar-refractivity contribution in [3.05, 3.63) is 35.9 Å². The van der Waals surface area contributed by atoms with Gasteiger partial charge < -0.3 is 14.7 Å². The second-order valence-electron chi connectivity index (χ2n) is 5.40. The van der Waals surface area contributed by atoms with Crippen LogP contribution in [0.4, 0.5) is 4.79 Å². The molecular formula is C16H22N2O4. The second kappa shape index (κ2) is 7.79. The van der Waals surface area contributed by atoms with E-state index in [0.29, 0.717) is 19.6 Å². The number of hydrogen-bond acceptors (Lipinski definition) is 4. The van der Waals surface area contributed by atoms with Gasteiger partial charge in [-0.05, 0) is 18.9 Å². The molecule has 0 saturated carbocycles. The summed E-state index contributed by atoms with van der Waals surface area (Å²) < 4.78 is 5.36. The summed E-state index contributed by atoms with van der Waals surface area (Å²) in [4.78, 5) is 26.5. The number of carboxylic acid groups (broad SMARTS) is 1. The summed E-state index contributed by atoms with van der Waals surface area (Å²) in [6.07, 6.45) is 0.440. The number of likely N-dealkylation sites (tertiary alicyclic amines) is 1. The molecule has 0 unspecified atom stereocenters. The molecule has 2 rings (SSSR count). The number of ether oxygens (including phenoxy) is 1. The first-order valence-electron chi connectivity index (χ1n) is 7.51. The third kappa shape index (κ3) is 4.46. The van der Waals surface area contributed by atoms with Gasteiger partial charge >= 0.3 is 12.1 Å².